The Bertz CT molecular complexity index is 344. The minimum Gasteiger partial charge on any atom is -0.508 e. The predicted molar refractivity (Wildman–Crippen MR) is 69.1 cm³/mol. The molecule has 0 aliphatic heterocycles. The van der Waals surface area contributed by atoms with E-state index in [1.807, 2.05) is 0 Å². The van der Waals surface area contributed by atoms with Crippen molar-refractivity contribution in [2.45, 2.75) is 33.1 Å². The van der Waals surface area contributed by atoms with Gasteiger partial charge in [0.25, 0.3) is 5.91 Å². The molecule has 0 saturated carbocycles. The van der Waals surface area contributed by atoms with Gasteiger partial charge in [-0.3, -0.25) is 4.79 Å². The summed E-state index contributed by atoms with van der Waals surface area (Å²) in [5, 5.41) is 12.0. The van der Waals surface area contributed by atoms with Crippen LogP contribution < -0.4 is 5.32 Å². The Morgan fingerprint density at radius 2 is 1.88 bits per heavy atom. The number of nitrogens with one attached hydrogen (secondary N) is 1. The first kappa shape index (κ1) is 13.6. The molecule has 2 N–H and O–H groups in total. The molecule has 0 atom stereocenters. The second-order valence-electron chi connectivity index (χ2n) is 4.69. The summed E-state index contributed by atoms with van der Waals surface area (Å²) in [6.07, 6.45) is 3.37. The van der Waals surface area contributed by atoms with Gasteiger partial charge in [-0.25, -0.2) is 0 Å². The highest BCUT2D eigenvalue weighted by atomic mass is 16.3. The number of hydrogen-bond donors (Lipinski definition) is 2. The van der Waals surface area contributed by atoms with Gasteiger partial charge in [-0.05, 0) is 36.6 Å². The average Bonchev–Trinajstić information content (AvgIpc) is 2.29. The summed E-state index contributed by atoms with van der Waals surface area (Å²) in [4.78, 5) is 11.7. The van der Waals surface area contributed by atoms with Crippen molar-refractivity contribution in [3.05, 3.63) is 29.8 Å². The average molecular weight is 235 g/mol. The Balaban J connectivity index is 2.23. The minimum absolute atomic E-state index is 0.0745. The minimum atomic E-state index is -0.0745. The van der Waals surface area contributed by atoms with E-state index in [0.29, 0.717) is 12.1 Å². The largest absolute Gasteiger partial charge is 0.508 e. The van der Waals surface area contributed by atoms with Gasteiger partial charge in [-0.2, -0.15) is 0 Å². The lowest BCUT2D eigenvalue weighted by Gasteiger charge is -2.06. The third-order valence-electron chi connectivity index (χ3n) is 2.62. The fourth-order valence-electron chi connectivity index (χ4n) is 1.59. The van der Waals surface area contributed by atoms with Gasteiger partial charge in [-0.1, -0.05) is 26.7 Å². The number of rotatable bonds is 6. The van der Waals surface area contributed by atoms with Crippen LogP contribution in [0.25, 0.3) is 0 Å². The fourth-order valence-corrected chi connectivity index (χ4v) is 1.59. The lowest BCUT2D eigenvalue weighted by Crippen LogP contribution is -2.24. The highest BCUT2D eigenvalue weighted by molar-refractivity contribution is 5.94. The molecule has 17 heavy (non-hydrogen) atoms. The molecule has 3 heteroatoms. The Hall–Kier alpha value is -1.51. The van der Waals surface area contributed by atoms with E-state index in [4.69, 9.17) is 5.11 Å². The van der Waals surface area contributed by atoms with Crippen molar-refractivity contribution in [3.63, 3.8) is 0 Å². The van der Waals surface area contributed by atoms with Crippen LogP contribution >= 0.6 is 0 Å². The summed E-state index contributed by atoms with van der Waals surface area (Å²) < 4.78 is 0. The molecular weight excluding hydrogens is 214 g/mol. The molecule has 0 radical (unpaired) electrons. The van der Waals surface area contributed by atoms with Crippen molar-refractivity contribution in [1.29, 1.82) is 0 Å². The number of hydrogen-bond acceptors (Lipinski definition) is 2. The number of amides is 1. The first-order valence-corrected chi connectivity index (χ1v) is 6.17. The van der Waals surface area contributed by atoms with E-state index < -0.39 is 0 Å². The topological polar surface area (TPSA) is 49.3 Å². The number of phenolic OH excluding ortho intramolecular Hbond substituents is 1. The van der Waals surface area contributed by atoms with Crippen molar-refractivity contribution >= 4 is 5.91 Å². The Morgan fingerprint density at radius 1 is 1.24 bits per heavy atom. The van der Waals surface area contributed by atoms with Gasteiger partial charge in [0.15, 0.2) is 0 Å². The summed E-state index contributed by atoms with van der Waals surface area (Å²) in [7, 11) is 0. The van der Waals surface area contributed by atoms with Crippen molar-refractivity contribution in [3.8, 4) is 5.75 Å². The van der Waals surface area contributed by atoms with Crippen LogP contribution in [0.4, 0.5) is 0 Å². The van der Waals surface area contributed by atoms with Crippen LogP contribution in [0.5, 0.6) is 5.75 Å². The van der Waals surface area contributed by atoms with Crippen LogP contribution in [-0.2, 0) is 0 Å². The van der Waals surface area contributed by atoms with Crippen LogP contribution in [0.1, 0.15) is 43.5 Å². The fraction of sp³-hybridized carbons (Fsp3) is 0.500. The quantitative estimate of drug-likeness (QED) is 0.745. The van der Waals surface area contributed by atoms with E-state index in [0.717, 1.165) is 18.8 Å². The Kier molecular flexibility index (Phi) is 5.53. The third-order valence-corrected chi connectivity index (χ3v) is 2.62. The molecule has 1 rings (SSSR count). The summed E-state index contributed by atoms with van der Waals surface area (Å²) in [5.74, 6) is 0.829. The van der Waals surface area contributed by atoms with Crippen molar-refractivity contribution < 1.29 is 9.90 Å². The predicted octanol–water partition coefficient (Wildman–Crippen LogP) is 2.95. The number of carbonyl (C=O) groups is 1. The maximum absolute atomic E-state index is 11.7. The number of unbranched alkanes of at least 4 members (excludes halogenated alkanes) is 1. The van der Waals surface area contributed by atoms with Crippen molar-refractivity contribution in [1.82, 2.24) is 5.32 Å². The SMILES string of the molecule is CC(C)CCCCNC(=O)c1ccc(O)cc1. The molecule has 0 heterocycles. The summed E-state index contributed by atoms with van der Waals surface area (Å²) >= 11 is 0. The second kappa shape index (κ2) is 6.94. The molecule has 1 amide bonds. The van der Waals surface area contributed by atoms with Crippen molar-refractivity contribution in [2.24, 2.45) is 5.92 Å². The second-order valence-corrected chi connectivity index (χ2v) is 4.69. The summed E-state index contributed by atoms with van der Waals surface area (Å²) in [6, 6.07) is 6.29. The van der Waals surface area contributed by atoms with Gasteiger partial charge in [0.05, 0.1) is 0 Å². The first-order valence-electron chi connectivity index (χ1n) is 6.17. The van der Waals surface area contributed by atoms with Crippen molar-refractivity contribution in [2.75, 3.05) is 6.54 Å². The Morgan fingerprint density at radius 3 is 2.47 bits per heavy atom. The van der Waals surface area contributed by atoms with Crippen LogP contribution in [0.15, 0.2) is 24.3 Å². The van der Waals surface area contributed by atoms with E-state index in [2.05, 4.69) is 19.2 Å². The number of phenols is 1. The standard InChI is InChI=1S/C14H21NO2/c1-11(2)5-3-4-10-15-14(17)12-6-8-13(16)9-7-12/h6-9,11,16H,3-5,10H2,1-2H3,(H,15,17). The molecule has 0 spiro atoms. The number of carbonyl (C=O) groups excluding carboxylic acids is 1. The molecule has 0 unspecified atom stereocenters. The molecule has 1 aromatic rings. The van der Waals surface area contributed by atoms with Crippen LogP contribution in [-0.4, -0.2) is 17.6 Å². The maximum atomic E-state index is 11.7. The molecule has 0 fully saturated rings. The van der Waals surface area contributed by atoms with Crippen LogP contribution in [0, 0.1) is 5.92 Å². The van der Waals surface area contributed by atoms with Gasteiger partial charge in [0.1, 0.15) is 5.75 Å². The number of aromatic hydroxyl groups is 1. The maximum Gasteiger partial charge on any atom is 0.251 e. The Labute approximate surface area is 103 Å². The highest BCUT2D eigenvalue weighted by Gasteiger charge is 2.04. The van der Waals surface area contributed by atoms with E-state index in [1.165, 1.54) is 18.6 Å². The molecule has 0 aliphatic carbocycles. The molecule has 0 saturated heterocycles. The molecule has 1 aromatic carbocycles. The van der Waals surface area contributed by atoms with Gasteiger partial charge < -0.3 is 10.4 Å². The van der Waals surface area contributed by atoms with Gasteiger partial charge >= 0.3 is 0 Å². The molecule has 94 valence electrons. The lowest BCUT2D eigenvalue weighted by atomic mass is 10.1. The van der Waals surface area contributed by atoms with E-state index in [-0.39, 0.29) is 11.7 Å². The van der Waals surface area contributed by atoms with E-state index in [1.54, 1.807) is 12.1 Å². The molecule has 0 aromatic heterocycles. The van der Waals surface area contributed by atoms with Crippen LogP contribution in [0.2, 0.25) is 0 Å². The van der Waals surface area contributed by atoms with Gasteiger partial charge in [-0.15, -0.1) is 0 Å². The molecule has 3 nitrogen and oxygen atoms in total. The zero-order chi connectivity index (χ0) is 12.7. The van der Waals surface area contributed by atoms with E-state index >= 15 is 0 Å². The van der Waals surface area contributed by atoms with E-state index in [9.17, 15) is 4.79 Å². The van der Waals surface area contributed by atoms with Gasteiger partial charge in [0.2, 0.25) is 0 Å². The number of benzene rings is 1. The molecule has 0 aliphatic rings. The van der Waals surface area contributed by atoms with Crippen LogP contribution in [0.3, 0.4) is 0 Å². The summed E-state index contributed by atoms with van der Waals surface area (Å²) in [6.45, 7) is 5.12. The first-order chi connectivity index (χ1) is 8.09. The zero-order valence-corrected chi connectivity index (χ0v) is 10.6. The summed E-state index contributed by atoms with van der Waals surface area (Å²) in [5.41, 5.74) is 0.589. The van der Waals surface area contributed by atoms with Gasteiger partial charge in [0, 0.05) is 12.1 Å². The monoisotopic (exact) mass is 235 g/mol. The molecular formula is C14H21NO2. The highest BCUT2D eigenvalue weighted by Crippen LogP contribution is 2.09. The molecule has 0 bridgehead atoms. The smallest absolute Gasteiger partial charge is 0.251 e. The zero-order valence-electron chi connectivity index (χ0n) is 10.6. The third kappa shape index (κ3) is 5.38. The lowest BCUT2D eigenvalue weighted by molar-refractivity contribution is 0.0953. The normalized spacial score (nSPS) is 10.5.